The van der Waals surface area contributed by atoms with Crippen molar-refractivity contribution in [3.05, 3.63) is 29.3 Å². The first-order chi connectivity index (χ1) is 12.0. The van der Waals surface area contributed by atoms with E-state index < -0.39 is 0 Å². The Morgan fingerprint density at radius 1 is 1.24 bits per heavy atom. The number of carbonyl (C=O) groups is 2. The molecule has 0 saturated carbocycles. The van der Waals surface area contributed by atoms with Gasteiger partial charge in [-0.3, -0.25) is 9.59 Å². The monoisotopic (exact) mass is 342 g/mol. The zero-order valence-corrected chi connectivity index (χ0v) is 15.1. The maximum Gasteiger partial charge on any atom is 0.253 e. The summed E-state index contributed by atoms with van der Waals surface area (Å²) >= 11 is 0. The van der Waals surface area contributed by atoms with Gasteiger partial charge in [-0.15, -0.1) is 0 Å². The van der Waals surface area contributed by atoms with E-state index in [9.17, 15) is 9.59 Å². The Bertz CT molecular complexity index is 707. The van der Waals surface area contributed by atoms with E-state index in [-0.39, 0.29) is 23.3 Å². The Morgan fingerprint density at radius 3 is 2.72 bits per heavy atom. The molecule has 1 spiro atoms. The molecule has 0 bridgehead atoms. The van der Waals surface area contributed by atoms with Crippen LogP contribution in [0.1, 0.15) is 48.5 Å². The van der Waals surface area contributed by atoms with E-state index in [2.05, 4.69) is 6.92 Å². The molecule has 3 aliphatic rings. The highest BCUT2D eigenvalue weighted by Gasteiger charge is 2.40. The van der Waals surface area contributed by atoms with Gasteiger partial charge in [-0.05, 0) is 55.4 Å². The van der Waals surface area contributed by atoms with Crippen molar-refractivity contribution in [2.75, 3.05) is 26.7 Å². The lowest BCUT2D eigenvalue weighted by Gasteiger charge is -2.46. The number of hydrogen-bond donors (Lipinski definition) is 0. The van der Waals surface area contributed by atoms with E-state index in [0.29, 0.717) is 6.42 Å². The molecule has 3 heterocycles. The summed E-state index contributed by atoms with van der Waals surface area (Å²) in [5, 5.41) is 0. The number of ether oxygens (including phenoxy) is 1. The molecule has 1 aromatic carbocycles. The van der Waals surface area contributed by atoms with Gasteiger partial charge in [0, 0.05) is 45.1 Å². The fourth-order valence-electron chi connectivity index (χ4n) is 4.56. The molecule has 0 aromatic heterocycles. The summed E-state index contributed by atoms with van der Waals surface area (Å²) in [5.74, 6) is 1.28. The van der Waals surface area contributed by atoms with E-state index >= 15 is 0 Å². The molecule has 3 aliphatic heterocycles. The largest absolute Gasteiger partial charge is 0.490 e. The zero-order chi connectivity index (χ0) is 17.6. The van der Waals surface area contributed by atoms with Gasteiger partial charge in [0.05, 0.1) is 0 Å². The Morgan fingerprint density at radius 2 is 2.00 bits per heavy atom. The highest BCUT2D eigenvalue weighted by Crippen LogP contribution is 2.40. The third-order valence-corrected chi connectivity index (χ3v) is 6.12. The molecule has 2 fully saturated rings. The van der Waals surface area contributed by atoms with Crippen LogP contribution in [0.25, 0.3) is 0 Å². The van der Waals surface area contributed by atoms with Crippen LogP contribution in [-0.4, -0.2) is 54.4 Å². The van der Waals surface area contributed by atoms with Crippen molar-refractivity contribution < 1.29 is 14.3 Å². The SMILES string of the molecule is CC1Cc2cc(C(=O)N3CCC4(CCC(=O)N(C)C4)CC3)ccc2O1. The molecule has 0 aliphatic carbocycles. The third-order valence-electron chi connectivity index (χ3n) is 6.12. The van der Waals surface area contributed by atoms with E-state index in [0.717, 1.165) is 62.2 Å². The summed E-state index contributed by atoms with van der Waals surface area (Å²) in [6, 6.07) is 5.81. The van der Waals surface area contributed by atoms with Crippen LogP contribution in [0.4, 0.5) is 0 Å². The van der Waals surface area contributed by atoms with Crippen LogP contribution in [0.5, 0.6) is 5.75 Å². The van der Waals surface area contributed by atoms with Gasteiger partial charge < -0.3 is 14.5 Å². The Kier molecular flexibility index (Phi) is 3.97. The first-order valence-electron chi connectivity index (χ1n) is 9.29. The van der Waals surface area contributed by atoms with Crippen molar-refractivity contribution in [2.24, 2.45) is 5.41 Å². The Hall–Kier alpha value is -2.04. The molecule has 1 unspecified atom stereocenters. The van der Waals surface area contributed by atoms with Gasteiger partial charge in [0.25, 0.3) is 5.91 Å². The van der Waals surface area contributed by atoms with Crippen LogP contribution in [0.2, 0.25) is 0 Å². The second-order valence-electron chi connectivity index (χ2n) is 8.00. The van der Waals surface area contributed by atoms with Gasteiger partial charge in [0.1, 0.15) is 11.9 Å². The van der Waals surface area contributed by atoms with Gasteiger partial charge in [-0.25, -0.2) is 0 Å². The van der Waals surface area contributed by atoms with Gasteiger partial charge in [0.2, 0.25) is 5.91 Å². The number of rotatable bonds is 1. The molecular weight excluding hydrogens is 316 g/mol. The van der Waals surface area contributed by atoms with Gasteiger partial charge >= 0.3 is 0 Å². The van der Waals surface area contributed by atoms with Crippen molar-refractivity contribution in [2.45, 2.75) is 45.1 Å². The smallest absolute Gasteiger partial charge is 0.253 e. The lowest BCUT2D eigenvalue weighted by molar-refractivity contribution is -0.137. The van der Waals surface area contributed by atoms with Crippen molar-refractivity contribution in [1.29, 1.82) is 0 Å². The number of benzene rings is 1. The minimum absolute atomic E-state index is 0.123. The number of piperidine rings is 2. The Labute approximate surface area is 148 Å². The highest BCUT2D eigenvalue weighted by atomic mass is 16.5. The highest BCUT2D eigenvalue weighted by molar-refractivity contribution is 5.94. The van der Waals surface area contributed by atoms with E-state index in [1.54, 1.807) is 0 Å². The number of fused-ring (bicyclic) bond motifs is 1. The van der Waals surface area contributed by atoms with E-state index in [4.69, 9.17) is 4.74 Å². The molecule has 2 amide bonds. The first-order valence-corrected chi connectivity index (χ1v) is 9.29. The zero-order valence-electron chi connectivity index (χ0n) is 15.1. The number of carbonyl (C=O) groups excluding carboxylic acids is 2. The van der Waals surface area contributed by atoms with Crippen LogP contribution in [0.3, 0.4) is 0 Å². The topological polar surface area (TPSA) is 49.9 Å². The number of hydrogen-bond acceptors (Lipinski definition) is 3. The molecule has 0 N–H and O–H groups in total. The summed E-state index contributed by atoms with van der Waals surface area (Å²) in [6.07, 6.45) is 4.66. The maximum atomic E-state index is 12.9. The second-order valence-corrected chi connectivity index (χ2v) is 8.00. The second kappa shape index (κ2) is 6.04. The van der Waals surface area contributed by atoms with Crippen LogP contribution in [0.15, 0.2) is 18.2 Å². The normalized spacial score (nSPS) is 25.0. The summed E-state index contributed by atoms with van der Waals surface area (Å²) in [6.45, 7) is 4.45. The van der Waals surface area contributed by atoms with E-state index in [1.165, 1.54) is 0 Å². The van der Waals surface area contributed by atoms with Crippen molar-refractivity contribution in [3.8, 4) is 5.75 Å². The van der Waals surface area contributed by atoms with Gasteiger partial charge in [-0.1, -0.05) is 0 Å². The summed E-state index contributed by atoms with van der Waals surface area (Å²) in [7, 11) is 1.90. The average molecular weight is 342 g/mol. The van der Waals surface area contributed by atoms with Crippen LogP contribution >= 0.6 is 0 Å². The first kappa shape index (κ1) is 16.4. The standard InChI is InChI=1S/C20H26N2O3/c1-14-11-16-12-15(3-4-17(16)25-14)19(24)22-9-7-20(8-10-22)6-5-18(23)21(2)13-20/h3-4,12,14H,5-11,13H2,1-2H3. The molecule has 1 atom stereocenters. The minimum Gasteiger partial charge on any atom is -0.490 e. The lowest BCUT2D eigenvalue weighted by atomic mass is 9.72. The fourth-order valence-corrected chi connectivity index (χ4v) is 4.56. The van der Waals surface area contributed by atoms with Crippen LogP contribution in [-0.2, 0) is 11.2 Å². The maximum absolute atomic E-state index is 12.9. The fraction of sp³-hybridized carbons (Fsp3) is 0.600. The lowest BCUT2D eigenvalue weighted by Crippen LogP contribution is -2.51. The van der Waals surface area contributed by atoms with Gasteiger partial charge in [-0.2, -0.15) is 0 Å². The summed E-state index contributed by atoms with van der Waals surface area (Å²) in [5.41, 5.74) is 2.11. The number of nitrogens with zero attached hydrogens (tertiary/aromatic N) is 2. The number of amides is 2. The van der Waals surface area contributed by atoms with Crippen molar-refractivity contribution in [3.63, 3.8) is 0 Å². The average Bonchev–Trinajstić information content (AvgIpc) is 2.98. The summed E-state index contributed by atoms with van der Waals surface area (Å²) in [4.78, 5) is 28.5. The Balaban J connectivity index is 1.42. The molecule has 25 heavy (non-hydrogen) atoms. The molecule has 134 valence electrons. The molecule has 5 nitrogen and oxygen atoms in total. The predicted molar refractivity (Wildman–Crippen MR) is 94.7 cm³/mol. The van der Waals surface area contributed by atoms with E-state index in [1.807, 2.05) is 35.0 Å². The molecule has 4 rings (SSSR count). The molecule has 2 saturated heterocycles. The third kappa shape index (κ3) is 3.00. The van der Waals surface area contributed by atoms with Crippen LogP contribution in [0, 0.1) is 5.41 Å². The summed E-state index contributed by atoms with van der Waals surface area (Å²) < 4.78 is 5.72. The van der Waals surface area contributed by atoms with Crippen molar-refractivity contribution in [1.82, 2.24) is 9.80 Å². The van der Waals surface area contributed by atoms with Crippen LogP contribution < -0.4 is 4.74 Å². The van der Waals surface area contributed by atoms with Crippen molar-refractivity contribution >= 4 is 11.8 Å². The molecular formula is C20H26N2O3. The predicted octanol–water partition coefficient (Wildman–Crippen LogP) is 2.48. The van der Waals surface area contributed by atoms with Gasteiger partial charge in [0.15, 0.2) is 0 Å². The molecule has 0 radical (unpaired) electrons. The number of likely N-dealkylation sites (tertiary alicyclic amines) is 2. The molecule has 1 aromatic rings. The molecule has 5 heteroatoms. The quantitative estimate of drug-likeness (QED) is 0.788. The minimum atomic E-state index is 0.123.